The molecule has 0 atom stereocenters. The van der Waals surface area contributed by atoms with Crippen molar-refractivity contribution in [1.29, 1.82) is 5.26 Å². The van der Waals surface area contributed by atoms with Crippen LogP contribution in [0.1, 0.15) is 56.0 Å². The standard InChI is InChI=1S/C25H23F3N6O2/c1-13(2)34-21(30)17(9-29)20(32-34)16-6-4-15(5-7-16)14(3)22(35)31-19-8-18(33-36-19)23-10-24(11-23,12-23)25(26,27)28/h4-8,13H,3,10-12,30H2,1-2H3,(H,31,35). The number of nitrogen functional groups attached to an aromatic ring is 1. The summed E-state index contributed by atoms with van der Waals surface area (Å²) < 4.78 is 46.1. The summed E-state index contributed by atoms with van der Waals surface area (Å²) in [6, 6.07) is 10.3. The van der Waals surface area contributed by atoms with Gasteiger partial charge in [-0.05, 0) is 38.7 Å². The number of halogens is 3. The second-order valence-corrected chi connectivity index (χ2v) is 9.93. The molecule has 2 aromatic heterocycles. The van der Waals surface area contributed by atoms with Gasteiger partial charge in [0.15, 0.2) is 0 Å². The molecule has 186 valence electrons. The predicted octanol–water partition coefficient (Wildman–Crippen LogP) is 5.21. The number of rotatable bonds is 6. The molecule has 11 heteroatoms. The number of amides is 1. The van der Waals surface area contributed by atoms with E-state index in [1.54, 1.807) is 28.9 Å². The second kappa shape index (κ2) is 7.71. The van der Waals surface area contributed by atoms with Gasteiger partial charge in [0.25, 0.3) is 5.91 Å². The SMILES string of the molecule is C=C(C(=O)Nc1cc(C23CC(C(F)(F)F)(C2)C3)no1)c1ccc(-c2nn(C(C)C)c(N)c2C#N)cc1. The first-order valence-electron chi connectivity index (χ1n) is 11.3. The van der Waals surface area contributed by atoms with Crippen LogP contribution in [0.4, 0.5) is 24.9 Å². The van der Waals surface area contributed by atoms with Crippen molar-refractivity contribution >= 4 is 23.2 Å². The van der Waals surface area contributed by atoms with Crippen LogP contribution in [-0.4, -0.2) is 27.0 Å². The second-order valence-electron chi connectivity index (χ2n) is 9.93. The largest absolute Gasteiger partial charge is 0.394 e. The molecule has 2 bridgehead atoms. The van der Waals surface area contributed by atoms with E-state index in [2.05, 4.69) is 28.2 Å². The molecular formula is C25H23F3N6O2. The third-order valence-electron chi connectivity index (χ3n) is 7.25. The molecule has 3 saturated carbocycles. The van der Waals surface area contributed by atoms with E-state index in [4.69, 9.17) is 10.3 Å². The number of nitriles is 1. The van der Waals surface area contributed by atoms with Crippen molar-refractivity contribution in [1.82, 2.24) is 14.9 Å². The molecule has 0 aliphatic heterocycles. The Morgan fingerprint density at radius 3 is 2.47 bits per heavy atom. The predicted molar refractivity (Wildman–Crippen MR) is 125 cm³/mol. The molecule has 2 heterocycles. The Hall–Kier alpha value is -4.07. The number of hydrogen-bond donors (Lipinski definition) is 2. The third-order valence-corrected chi connectivity index (χ3v) is 7.25. The van der Waals surface area contributed by atoms with Crippen LogP contribution in [0.2, 0.25) is 0 Å². The molecule has 3 fully saturated rings. The minimum atomic E-state index is -4.21. The molecule has 3 aliphatic carbocycles. The topological polar surface area (TPSA) is 123 Å². The number of benzene rings is 1. The van der Waals surface area contributed by atoms with Crippen LogP contribution >= 0.6 is 0 Å². The average molecular weight is 496 g/mol. The molecule has 0 saturated heterocycles. The molecule has 3 aromatic rings. The van der Waals surface area contributed by atoms with Crippen molar-refractivity contribution < 1.29 is 22.5 Å². The van der Waals surface area contributed by atoms with Gasteiger partial charge in [-0.15, -0.1) is 0 Å². The average Bonchev–Trinajstić information content (AvgIpc) is 3.34. The Bertz CT molecular complexity index is 1410. The summed E-state index contributed by atoms with van der Waals surface area (Å²) in [5, 5.41) is 20.4. The first kappa shape index (κ1) is 23.7. The van der Waals surface area contributed by atoms with Crippen LogP contribution in [0.25, 0.3) is 16.8 Å². The number of nitrogens with zero attached hydrogens (tertiary/aromatic N) is 4. The van der Waals surface area contributed by atoms with Gasteiger partial charge < -0.3 is 10.3 Å². The maximum Gasteiger partial charge on any atom is 0.394 e. The molecule has 6 rings (SSSR count). The molecule has 1 aromatic carbocycles. The lowest BCUT2D eigenvalue weighted by atomic mass is 9.34. The van der Waals surface area contributed by atoms with E-state index in [-0.39, 0.29) is 48.1 Å². The lowest BCUT2D eigenvalue weighted by Gasteiger charge is -2.69. The number of carbonyl (C=O) groups is 1. The van der Waals surface area contributed by atoms with Gasteiger partial charge in [0.05, 0.1) is 11.1 Å². The van der Waals surface area contributed by atoms with Gasteiger partial charge in [-0.25, -0.2) is 4.68 Å². The van der Waals surface area contributed by atoms with Gasteiger partial charge in [-0.1, -0.05) is 36.0 Å². The zero-order valence-electron chi connectivity index (χ0n) is 19.6. The summed E-state index contributed by atoms with van der Waals surface area (Å²) in [6.07, 6.45) is -4.22. The van der Waals surface area contributed by atoms with E-state index in [0.29, 0.717) is 22.5 Å². The Labute approximate surface area is 204 Å². The maximum absolute atomic E-state index is 13.1. The molecule has 8 nitrogen and oxygen atoms in total. The molecule has 1 amide bonds. The Morgan fingerprint density at radius 2 is 1.92 bits per heavy atom. The number of nitrogens with one attached hydrogen (secondary N) is 1. The highest BCUT2D eigenvalue weighted by atomic mass is 19.4. The van der Waals surface area contributed by atoms with E-state index in [1.165, 1.54) is 6.07 Å². The fourth-order valence-corrected chi connectivity index (χ4v) is 5.25. The van der Waals surface area contributed by atoms with Crippen molar-refractivity contribution in [3.63, 3.8) is 0 Å². The van der Waals surface area contributed by atoms with Crippen molar-refractivity contribution in [2.45, 2.75) is 50.7 Å². The Balaban J connectivity index is 1.26. The zero-order valence-corrected chi connectivity index (χ0v) is 19.6. The van der Waals surface area contributed by atoms with Crippen LogP contribution in [-0.2, 0) is 10.2 Å². The highest BCUT2D eigenvalue weighted by Gasteiger charge is 2.79. The van der Waals surface area contributed by atoms with Gasteiger partial charge >= 0.3 is 6.18 Å². The first-order valence-corrected chi connectivity index (χ1v) is 11.3. The summed E-state index contributed by atoms with van der Waals surface area (Å²) in [7, 11) is 0. The van der Waals surface area contributed by atoms with Crippen molar-refractivity contribution in [2.75, 3.05) is 11.1 Å². The lowest BCUT2D eigenvalue weighted by Crippen LogP contribution is -2.70. The Morgan fingerprint density at radius 1 is 1.28 bits per heavy atom. The quantitative estimate of drug-likeness (QED) is 0.452. The lowest BCUT2D eigenvalue weighted by molar-refractivity contribution is -0.338. The van der Waals surface area contributed by atoms with Crippen LogP contribution < -0.4 is 11.1 Å². The summed E-state index contributed by atoms with van der Waals surface area (Å²) in [4.78, 5) is 12.7. The summed E-state index contributed by atoms with van der Waals surface area (Å²) >= 11 is 0. The van der Waals surface area contributed by atoms with Crippen molar-refractivity contribution in [3.8, 4) is 17.3 Å². The normalized spacial score (nSPS) is 22.5. The molecule has 36 heavy (non-hydrogen) atoms. The fourth-order valence-electron chi connectivity index (χ4n) is 5.25. The van der Waals surface area contributed by atoms with Crippen LogP contribution in [0.5, 0.6) is 0 Å². The van der Waals surface area contributed by atoms with Gasteiger partial charge in [-0.3, -0.25) is 10.1 Å². The number of anilines is 2. The van der Waals surface area contributed by atoms with Crippen LogP contribution in [0.3, 0.4) is 0 Å². The fraction of sp³-hybridized carbons (Fsp3) is 0.360. The summed E-state index contributed by atoms with van der Waals surface area (Å²) in [6.45, 7) is 7.65. The van der Waals surface area contributed by atoms with E-state index in [1.807, 2.05) is 13.8 Å². The van der Waals surface area contributed by atoms with E-state index in [0.717, 1.165) is 0 Å². The van der Waals surface area contributed by atoms with E-state index in [9.17, 15) is 23.2 Å². The van der Waals surface area contributed by atoms with Crippen LogP contribution in [0.15, 0.2) is 41.4 Å². The minimum Gasteiger partial charge on any atom is -0.383 e. The van der Waals surface area contributed by atoms with Crippen molar-refractivity contribution in [3.05, 3.63) is 53.7 Å². The highest BCUT2D eigenvalue weighted by molar-refractivity contribution is 6.24. The van der Waals surface area contributed by atoms with E-state index < -0.39 is 22.9 Å². The third kappa shape index (κ3) is 3.39. The molecule has 0 unspecified atom stereocenters. The smallest absolute Gasteiger partial charge is 0.383 e. The minimum absolute atomic E-state index is 0.00293. The van der Waals surface area contributed by atoms with Gasteiger partial charge in [0.1, 0.15) is 23.1 Å². The number of nitrogens with two attached hydrogens (primary N) is 1. The monoisotopic (exact) mass is 496 g/mol. The maximum atomic E-state index is 13.1. The van der Waals surface area contributed by atoms with E-state index >= 15 is 0 Å². The number of aromatic nitrogens is 3. The van der Waals surface area contributed by atoms with Gasteiger partial charge in [-0.2, -0.15) is 23.5 Å². The summed E-state index contributed by atoms with van der Waals surface area (Å²) in [5.41, 5.74) is 6.32. The molecule has 3 N–H and O–H groups in total. The van der Waals surface area contributed by atoms with Crippen molar-refractivity contribution in [2.24, 2.45) is 5.41 Å². The van der Waals surface area contributed by atoms with Crippen LogP contribution in [0, 0.1) is 16.7 Å². The molecule has 3 aliphatic rings. The van der Waals surface area contributed by atoms with Gasteiger partial charge in [0.2, 0.25) is 5.88 Å². The number of carbonyl (C=O) groups excluding carboxylic acids is 1. The number of hydrogen-bond acceptors (Lipinski definition) is 6. The molecule has 0 spiro atoms. The highest BCUT2D eigenvalue weighted by Crippen LogP contribution is 2.78. The molecular weight excluding hydrogens is 473 g/mol. The summed E-state index contributed by atoms with van der Waals surface area (Å²) in [5.74, 6) is -0.206. The first-order chi connectivity index (χ1) is 16.9. The molecule has 0 radical (unpaired) electrons. The zero-order chi connectivity index (χ0) is 26.0. The Kier molecular flexibility index (Phi) is 5.07. The van der Waals surface area contributed by atoms with Gasteiger partial charge in [0, 0.05) is 28.7 Å². The number of alkyl halides is 3.